The van der Waals surface area contributed by atoms with E-state index in [-0.39, 0.29) is 12.5 Å². The number of aliphatic imine (C=N–C) groups is 1. The van der Waals surface area contributed by atoms with Crippen LogP contribution in [0.3, 0.4) is 0 Å². The summed E-state index contributed by atoms with van der Waals surface area (Å²) in [4.78, 5) is 29.1. The maximum Gasteiger partial charge on any atom is 0.243 e. The number of carbonyl (C=O) groups excluding carboxylic acids is 1. The van der Waals surface area contributed by atoms with Crippen molar-refractivity contribution in [2.24, 2.45) is 4.99 Å². The quantitative estimate of drug-likeness (QED) is 0.144. The Morgan fingerprint density at radius 1 is 1.14 bits per heavy atom. The zero-order valence-corrected chi connectivity index (χ0v) is 15.5. The molecule has 0 bridgehead atoms. The highest BCUT2D eigenvalue weighted by atomic mass is 16.6. The number of hydrogen-bond acceptors (Lipinski definition) is 6. The minimum Gasteiger partial charge on any atom is -0.325 e. The van der Waals surface area contributed by atoms with Crippen LogP contribution in [-0.2, 0) is 16.2 Å². The molecule has 9 nitrogen and oxygen atoms in total. The van der Waals surface area contributed by atoms with Gasteiger partial charge in [0.25, 0.3) is 0 Å². The second-order valence-corrected chi connectivity index (χ2v) is 5.81. The summed E-state index contributed by atoms with van der Waals surface area (Å²) in [5.74, 6) is 0.230. The molecule has 3 N–H and O–H groups in total. The molecule has 28 heavy (non-hydrogen) atoms. The lowest BCUT2D eigenvalue weighted by molar-refractivity contribution is -0.134. The molecule has 0 aliphatic carbocycles. The molecule has 0 saturated carbocycles. The van der Waals surface area contributed by atoms with Gasteiger partial charge in [-0.1, -0.05) is 12.5 Å². The first-order valence-corrected chi connectivity index (χ1v) is 8.94. The summed E-state index contributed by atoms with van der Waals surface area (Å²) in [6.07, 6.45) is 11.3. The maximum absolute atomic E-state index is 11.7. The molecule has 0 aliphatic rings. The first-order valence-electron chi connectivity index (χ1n) is 8.94. The highest BCUT2D eigenvalue weighted by molar-refractivity contribution is 5.94. The number of hydrogen-bond donors (Lipinski definition) is 3. The second kappa shape index (κ2) is 12.8. The minimum atomic E-state index is -0.154. The van der Waals surface area contributed by atoms with Crippen molar-refractivity contribution in [1.82, 2.24) is 20.8 Å². The molecule has 2 rings (SSSR count). The number of nitriles is 1. The molecule has 0 spiro atoms. The summed E-state index contributed by atoms with van der Waals surface area (Å²) in [7, 11) is 0. The van der Waals surface area contributed by atoms with Crippen molar-refractivity contribution >= 4 is 17.6 Å². The topological polar surface area (TPSA) is 124 Å². The summed E-state index contributed by atoms with van der Waals surface area (Å²) in [6, 6.07) is 7.25. The number of anilines is 1. The average molecular weight is 381 g/mol. The third-order valence-corrected chi connectivity index (χ3v) is 3.60. The smallest absolute Gasteiger partial charge is 0.243 e. The van der Waals surface area contributed by atoms with E-state index < -0.39 is 0 Å². The number of rotatable bonds is 10. The van der Waals surface area contributed by atoms with E-state index in [1.165, 1.54) is 0 Å². The van der Waals surface area contributed by atoms with Crippen molar-refractivity contribution < 1.29 is 9.63 Å². The van der Waals surface area contributed by atoms with Crippen LogP contribution in [0.1, 0.15) is 31.2 Å². The Hall–Kier alpha value is -3.51. The molecule has 0 saturated heterocycles. The normalized spacial score (nSPS) is 10.8. The molecule has 0 aromatic carbocycles. The van der Waals surface area contributed by atoms with Crippen LogP contribution in [0, 0.1) is 11.5 Å². The predicted octanol–water partition coefficient (Wildman–Crippen LogP) is 2.12. The van der Waals surface area contributed by atoms with Gasteiger partial charge in [-0.2, -0.15) is 5.26 Å². The van der Waals surface area contributed by atoms with Gasteiger partial charge < -0.3 is 5.32 Å². The van der Waals surface area contributed by atoms with Crippen molar-refractivity contribution in [3.05, 3.63) is 54.6 Å². The predicted molar refractivity (Wildman–Crippen MR) is 105 cm³/mol. The number of guanidine groups is 1. The lowest BCUT2D eigenvalue weighted by atomic mass is 10.2. The Bertz CT molecular complexity index is 776. The largest absolute Gasteiger partial charge is 0.325 e. The number of hydroxylamine groups is 1. The molecule has 0 atom stereocenters. The number of unbranched alkanes of at least 4 members (excludes halogenated alkanes) is 2. The van der Waals surface area contributed by atoms with Gasteiger partial charge in [-0.3, -0.25) is 29.9 Å². The van der Waals surface area contributed by atoms with Gasteiger partial charge >= 0.3 is 0 Å². The Morgan fingerprint density at radius 2 is 2.00 bits per heavy atom. The summed E-state index contributed by atoms with van der Waals surface area (Å²) < 4.78 is 0. The van der Waals surface area contributed by atoms with Crippen molar-refractivity contribution in [2.45, 2.75) is 32.3 Å². The molecule has 0 aliphatic heterocycles. The van der Waals surface area contributed by atoms with E-state index in [0.717, 1.165) is 30.5 Å². The number of pyridine rings is 2. The van der Waals surface area contributed by atoms with Crippen LogP contribution in [0.15, 0.2) is 54.0 Å². The van der Waals surface area contributed by atoms with Crippen LogP contribution in [0.5, 0.6) is 0 Å². The zero-order chi connectivity index (χ0) is 19.9. The lowest BCUT2D eigenvalue weighted by Gasteiger charge is -2.07. The number of carbonyl (C=O) groups is 1. The molecular weight excluding hydrogens is 358 g/mol. The fourth-order valence-corrected chi connectivity index (χ4v) is 2.23. The highest BCUT2D eigenvalue weighted by Crippen LogP contribution is 2.04. The molecule has 146 valence electrons. The molecule has 2 aromatic rings. The zero-order valence-electron chi connectivity index (χ0n) is 15.5. The van der Waals surface area contributed by atoms with E-state index >= 15 is 0 Å². The fraction of sp³-hybridized carbons (Fsp3) is 0.316. The minimum absolute atomic E-state index is 0.154. The first kappa shape index (κ1) is 20.8. The second-order valence-electron chi connectivity index (χ2n) is 5.81. The molecule has 1 amide bonds. The molecule has 9 heteroatoms. The monoisotopic (exact) mass is 381 g/mol. The molecule has 0 unspecified atom stereocenters. The van der Waals surface area contributed by atoms with Crippen molar-refractivity contribution in [3.8, 4) is 6.19 Å². The molecule has 0 fully saturated rings. The molecule has 0 radical (unpaired) electrons. The molecule has 2 heterocycles. The summed E-state index contributed by atoms with van der Waals surface area (Å²) in [5.41, 5.74) is 4.11. The third-order valence-electron chi connectivity index (χ3n) is 3.60. The summed E-state index contributed by atoms with van der Waals surface area (Å²) in [5, 5.41) is 14.3. The Labute approximate surface area is 163 Å². The Kier molecular flexibility index (Phi) is 9.49. The van der Waals surface area contributed by atoms with Gasteiger partial charge in [0, 0.05) is 43.4 Å². The number of nitrogens with zero attached hydrogens (tertiary/aromatic N) is 4. The highest BCUT2D eigenvalue weighted by Gasteiger charge is 2.02. The van der Waals surface area contributed by atoms with E-state index in [0.29, 0.717) is 18.9 Å². The van der Waals surface area contributed by atoms with Gasteiger partial charge in [0.15, 0.2) is 6.19 Å². The van der Waals surface area contributed by atoms with Crippen LogP contribution in [0.25, 0.3) is 0 Å². The first-order chi connectivity index (χ1) is 13.8. The van der Waals surface area contributed by atoms with Crippen LogP contribution in [0.4, 0.5) is 5.69 Å². The lowest BCUT2D eigenvalue weighted by Crippen LogP contribution is -2.27. The van der Waals surface area contributed by atoms with Crippen LogP contribution in [-0.4, -0.2) is 28.4 Å². The van der Waals surface area contributed by atoms with E-state index in [4.69, 9.17) is 10.1 Å². The van der Waals surface area contributed by atoms with E-state index in [9.17, 15) is 4.79 Å². The van der Waals surface area contributed by atoms with Gasteiger partial charge in [-0.25, -0.2) is 5.48 Å². The van der Waals surface area contributed by atoms with Crippen molar-refractivity contribution in [1.29, 1.82) is 5.26 Å². The van der Waals surface area contributed by atoms with E-state index in [1.54, 1.807) is 36.9 Å². The van der Waals surface area contributed by atoms with E-state index in [1.807, 2.05) is 18.3 Å². The van der Waals surface area contributed by atoms with Gasteiger partial charge in [-0.15, -0.1) is 0 Å². The number of aromatic nitrogens is 2. The standard InChI is InChI=1S/C19H23N7O2/c20-15-24-19(25-17-7-11-21-12-8-17)23-10-3-1-2-6-18(27)26-28-14-16-5-4-9-22-13-16/h4-5,7-9,11-13H,1-3,6,10,14H2,(H,26,27)(H2,21,23,24,25). The van der Waals surface area contributed by atoms with Crippen LogP contribution in [0.2, 0.25) is 0 Å². The molecular formula is C19H23N7O2. The van der Waals surface area contributed by atoms with E-state index in [2.05, 4.69) is 31.1 Å². The fourth-order valence-electron chi connectivity index (χ4n) is 2.23. The number of amides is 1. The number of nitrogens with one attached hydrogen (secondary N) is 3. The maximum atomic E-state index is 11.7. The summed E-state index contributed by atoms with van der Waals surface area (Å²) in [6.45, 7) is 0.828. The Morgan fingerprint density at radius 3 is 2.75 bits per heavy atom. The van der Waals surface area contributed by atoms with Crippen molar-refractivity contribution in [2.75, 3.05) is 11.9 Å². The summed E-state index contributed by atoms with van der Waals surface area (Å²) >= 11 is 0. The van der Waals surface area contributed by atoms with Crippen LogP contribution < -0.4 is 16.1 Å². The average Bonchev–Trinajstić information content (AvgIpc) is 2.72. The Balaban J connectivity index is 1.57. The third kappa shape index (κ3) is 8.73. The van der Waals surface area contributed by atoms with Gasteiger partial charge in [0.1, 0.15) is 6.61 Å². The van der Waals surface area contributed by atoms with Gasteiger partial charge in [-0.05, 0) is 36.6 Å². The van der Waals surface area contributed by atoms with Crippen molar-refractivity contribution in [3.63, 3.8) is 0 Å². The van der Waals surface area contributed by atoms with Gasteiger partial charge in [0.2, 0.25) is 11.9 Å². The van der Waals surface area contributed by atoms with Gasteiger partial charge in [0.05, 0.1) is 0 Å². The SMILES string of the molecule is N#CNC(=NCCCCCC(=O)NOCc1cccnc1)Nc1ccncc1. The van der Waals surface area contributed by atoms with Crippen LogP contribution >= 0.6 is 0 Å². The molecule has 2 aromatic heterocycles.